The van der Waals surface area contributed by atoms with Crippen molar-refractivity contribution in [2.45, 2.75) is 39.7 Å². The summed E-state index contributed by atoms with van der Waals surface area (Å²) in [5.41, 5.74) is 0.507. The zero-order chi connectivity index (χ0) is 10.5. The van der Waals surface area contributed by atoms with Gasteiger partial charge in [-0.2, -0.15) is 0 Å². The molecular formula is C11H18BrNO. The topological polar surface area (TPSA) is 29.1 Å². The van der Waals surface area contributed by atoms with E-state index in [0.717, 1.165) is 18.3 Å². The summed E-state index contributed by atoms with van der Waals surface area (Å²) in [5, 5.41) is 3.01. The first-order valence-electron chi connectivity index (χ1n) is 5.39. The van der Waals surface area contributed by atoms with Gasteiger partial charge in [0, 0.05) is 22.0 Å². The molecule has 0 radical (unpaired) electrons. The summed E-state index contributed by atoms with van der Waals surface area (Å²) in [6.07, 6.45) is 2.52. The molecule has 0 aromatic heterocycles. The molecule has 80 valence electrons. The molecule has 3 rings (SSSR count). The van der Waals surface area contributed by atoms with E-state index in [0.29, 0.717) is 17.4 Å². The summed E-state index contributed by atoms with van der Waals surface area (Å²) in [7, 11) is 0. The van der Waals surface area contributed by atoms with E-state index in [4.69, 9.17) is 0 Å². The summed E-state index contributed by atoms with van der Waals surface area (Å²) < 4.78 is 0. The minimum absolute atomic E-state index is 0.0616. The third-order valence-electron chi connectivity index (χ3n) is 4.65. The highest BCUT2D eigenvalue weighted by molar-refractivity contribution is 9.18. The minimum Gasteiger partial charge on any atom is -0.344 e. The van der Waals surface area contributed by atoms with E-state index in [2.05, 4.69) is 42.0 Å². The highest BCUT2D eigenvalue weighted by atomic mass is 79.9. The Morgan fingerprint density at radius 2 is 2.07 bits per heavy atom. The molecule has 1 N–H and O–H groups in total. The van der Waals surface area contributed by atoms with Crippen LogP contribution in [0.1, 0.15) is 33.6 Å². The van der Waals surface area contributed by atoms with Crippen LogP contribution in [-0.4, -0.2) is 10.9 Å². The van der Waals surface area contributed by atoms with Crippen molar-refractivity contribution in [3.63, 3.8) is 0 Å². The van der Waals surface area contributed by atoms with Gasteiger partial charge in [-0.25, -0.2) is 0 Å². The average molecular weight is 260 g/mol. The van der Waals surface area contributed by atoms with Gasteiger partial charge in [-0.05, 0) is 36.0 Å². The summed E-state index contributed by atoms with van der Waals surface area (Å²) in [6.45, 7) is 7.01. The molecule has 4 atom stereocenters. The van der Waals surface area contributed by atoms with Gasteiger partial charge in [0.15, 0.2) is 0 Å². The Morgan fingerprint density at radius 3 is 2.50 bits per heavy atom. The fourth-order valence-corrected chi connectivity index (χ4v) is 3.78. The molecule has 1 amide bonds. The molecule has 0 aliphatic heterocycles. The zero-order valence-electron chi connectivity index (χ0n) is 9.01. The molecule has 2 nitrogen and oxygen atoms in total. The van der Waals surface area contributed by atoms with Crippen molar-refractivity contribution in [2.24, 2.45) is 23.2 Å². The SMILES string of the molecule is C[C@@H]1[C@@H](NC(=O)Br)C[C@H]2C[C@@H]1C2(C)C. The maximum absolute atomic E-state index is 10.9. The number of nitrogens with one attached hydrogen (secondary N) is 1. The number of hydrogen-bond donors (Lipinski definition) is 1. The van der Waals surface area contributed by atoms with Crippen molar-refractivity contribution >= 4 is 20.7 Å². The largest absolute Gasteiger partial charge is 0.344 e. The molecule has 0 aromatic carbocycles. The van der Waals surface area contributed by atoms with E-state index in [-0.39, 0.29) is 4.82 Å². The summed E-state index contributed by atoms with van der Waals surface area (Å²) in [4.78, 5) is 10.9. The molecule has 3 fully saturated rings. The lowest BCUT2D eigenvalue weighted by Gasteiger charge is -2.62. The standard InChI is InChI=1S/C11H18BrNO/c1-6-8-4-7(11(8,2)3)5-9(6)13-10(12)14/h6-9H,4-5H2,1-3H3,(H,13,14)/t6-,7+,8-,9-/m0/s1. The van der Waals surface area contributed by atoms with Gasteiger partial charge in [0.05, 0.1) is 0 Å². The van der Waals surface area contributed by atoms with Crippen LogP contribution in [0.3, 0.4) is 0 Å². The van der Waals surface area contributed by atoms with E-state index in [1.165, 1.54) is 6.42 Å². The van der Waals surface area contributed by atoms with Crippen molar-refractivity contribution in [3.8, 4) is 0 Å². The van der Waals surface area contributed by atoms with Crippen molar-refractivity contribution in [3.05, 3.63) is 0 Å². The lowest BCUT2D eigenvalue weighted by molar-refractivity contribution is -0.112. The Labute approximate surface area is 94.0 Å². The van der Waals surface area contributed by atoms with Crippen LogP contribution in [0.2, 0.25) is 0 Å². The van der Waals surface area contributed by atoms with E-state index < -0.39 is 0 Å². The smallest absolute Gasteiger partial charge is 0.287 e. The molecule has 0 unspecified atom stereocenters. The van der Waals surface area contributed by atoms with E-state index >= 15 is 0 Å². The first-order chi connectivity index (χ1) is 6.43. The Kier molecular flexibility index (Phi) is 2.41. The zero-order valence-corrected chi connectivity index (χ0v) is 10.6. The maximum Gasteiger partial charge on any atom is 0.287 e. The number of halogens is 1. The quantitative estimate of drug-likeness (QED) is 0.569. The van der Waals surface area contributed by atoms with Crippen molar-refractivity contribution in [1.82, 2.24) is 5.32 Å². The van der Waals surface area contributed by atoms with Crippen LogP contribution >= 0.6 is 15.9 Å². The van der Waals surface area contributed by atoms with Gasteiger partial charge >= 0.3 is 0 Å². The number of rotatable bonds is 1. The molecule has 0 heterocycles. The third-order valence-corrected chi connectivity index (χ3v) is 4.88. The van der Waals surface area contributed by atoms with Gasteiger partial charge in [-0.3, -0.25) is 4.79 Å². The van der Waals surface area contributed by atoms with Crippen molar-refractivity contribution in [2.75, 3.05) is 0 Å². The molecule has 0 saturated heterocycles. The van der Waals surface area contributed by atoms with Gasteiger partial charge in [-0.15, -0.1) is 0 Å². The van der Waals surface area contributed by atoms with Crippen molar-refractivity contribution in [1.29, 1.82) is 0 Å². The molecule has 14 heavy (non-hydrogen) atoms. The molecular weight excluding hydrogens is 242 g/mol. The van der Waals surface area contributed by atoms with Crippen LogP contribution in [0.5, 0.6) is 0 Å². The lowest BCUT2D eigenvalue weighted by atomic mass is 9.45. The van der Waals surface area contributed by atoms with E-state index in [1.807, 2.05) is 0 Å². The number of fused-ring (bicyclic) bond motifs is 2. The van der Waals surface area contributed by atoms with Crippen LogP contribution in [0, 0.1) is 23.2 Å². The van der Waals surface area contributed by atoms with Crippen LogP contribution in [0.4, 0.5) is 4.79 Å². The number of amides is 1. The van der Waals surface area contributed by atoms with Crippen molar-refractivity contribution < 1.29 is 4.79 Å². The van der Waals surface area contributed by atoms with Gasteiger partial charge in [0.1, 0.15) is 0 Å². The fourth-order valence-electron chi connectivity index (χ4n) is 3.49. The molecule has 0 aromatic rings. The molecule has 0 spiro atoms. The molecule has 3 aliphatic carbocycles. The first kappa shape index (κ1) is 10.5. The van der Waals surface area contributed by atoms with Crippen LogP contribution in [-0.2, 0) is 0 Å². The Bertz CT molecular complexity index is 264. The minimum atomic E-state index is -0.0616. The number of carbonyl (C=O) groups excluding carboxylic acids is 1. The van der Waals surface area contributed by atoms with E-state index in [9.17, 15) is 4.79 Å². The second kappa shape index (κ2) is 3.22. The maximum atomic E-state index is 10.9. The highest BCUT2D eigenvalue weighted by Crippen LogP contribution is 2.61. The summed E-state index contributed by atoms with van der Waals surface area (Å²) >= 11 is 2.95. The average Bonchev–Trinajstić information content (AvgIpc) is 2.06. The van der Waals surface area contributed by atoms with Gasteiger partial charge in [-0.1, -0.05) is 20.8 Å². The Hall–Kier alpha value is -0.0500. The molecule has 3 aliphatic rings. The van der Waals surface area contributed by atoms with Gasteiger partial charge in [0.25, 0.3) is 4.82 Å². The lowest BCUT2D eigenvalue weighted by Crippen LogP contribution is -2.60. The highest BCUT2D eigenvalue weighted by Gasteiger charge is 2.56. The predicted octanol–water partition coefficient (Wildman–Crippen LogP) is 3.16. The number of hydrogen-bond acceptors (Lipinski definition) is 1. The number of carbonyl (C=O) groups is 1. The third kappa shape index (κ3) is 1.40. The summed E-state index contributed by atoms with van der Waals surface area (Å²) in [5.74, 6) is 2.23. The van der Waals surface area contributed by atoms with Crippen LogP contribution < -0.4 is 5.32 Å². The Morgan fingerprint density at radius 1 is 1.43 bits per heavy atom. The second-order valence-corrected chi connectivity index (χ2v) is 6.20. The van der Waals surface area contributed by atoms with E-state index in [1.54, 1.807) is 0 Å². The van der Waals surface area contributed by atoms with Crippen LogP contribution in [0.15, 0.2) is 0 Å². The van der Waals surface area contributed by atoms with Gasteiger partial charge in [0.2, 0.25) is 0 Å². The first-order valence-corrected chi connectivity index (χ1v) is 6.18. The van der Waals surface area contributed by atoms with Gasteiger partial charge < -0.3 is 5.32 Å². The Balaban J connectivity index is 2.04. The monoisotopic (exact) mass is 259 g/mol. The second-order valence-electron chi connectivity index (χ2n) is 5.48. The summed E-state index contributed by atoms with van der Waals surface area (Å²) in [6, 6.07) is 0.388. The normalized spacial score (nSPS) is 44.0. The molecule has 3 saturated carbocycles. The van der Waals surface area contributed by atoms with Crippen LogP contribution in [0.25, 0.3) is 0 Å². The fraction of sp³-hybridized carbons (Fsp3) is 0.909. The molecule has 3 heteroatoms. The molecule has 2 bridgehead atoms. The predicted molar refractivity (Wildman–Crippen MR) is 60.4 cm³/mol.